The monoisotopic (exact) mass is 905 g/mol. The van der Waals surface area contributed by atoms with E-state index < -0.39 is 18.2 Å². The van der Waals surface area contributed by atoms with Crippen molar-refractivity contribution in [3.8, 4) is 23.0 Å². The second-order valence-electron chi connectivity index (χ2n) is 17.6. The summed E-state index contributed by atoms with van der Waals surface area (Å²) in [6.45, 7) is 1.28. The van der Waals surface area contributed by atoms with Gasteiger partial charge in [-0.15, -0.1) is 0 Å². The number of amides is 2. The fraction of sp³-hybridized carbons (Fsp3) is 0.327. The van der Waals surface area contributed by atoms with Gasteiger partial charge < -0.3 is 43.9 Å². The number of carbonyl (C=O) groups excluding carboxylic acids is 4. The number of aliphatic imine (C=N–C) groups is 1. The highest BCUT2D eigenvalue weighted by molar-refractivity contribution is 6.15. The Bertz CT molecular complexity index is 2830. The van der Waals surface area contributed by atoms with Crippen LogP contribution in [0.15, 0.2) is 96.0 Å². The molecular formula is C52H51N5O10. The normalized spacial score (nSPS) is 19.8. The van der Waals surface area contributed by atoms with Crippen LogP contribution in [-0.2, 0) is 40.4 Å². The summed E-state index contributed by atoms with van der Waals surface area (Å²) in [5.41, 5.74) is 8.51. The molecule has 5 aliphatic rings. The first-order valence-electron chi connectivity index (χ1n) is 22.6. The van der Waals surface area contributed by atoms with Crippen molar-refractivity contribution in [2.24, 2.45) is 4.99 Å². The first-order valence-corrected chi connectivity index (χ1v) is 22.6. The molecule has 4 atom stereocenters. The summed E-state index contributed by atoms with van der Waals surface area (Å²) < 4.78 is 29.9. The lowest BCUT2D eigenvalue weighted by Crippen LogP contribution is -2.39. The molecule has 67 heavy (non-hydrogen) atoms. The molecule has 1 aliphatic carbocycles. The summed E-state index contributed by atoms with van der Waals surface area (Å²) in [6.07, 6.45) is 2.16. The maximum absolute atomic E-state index is 14.1. The van der Waals surface area contributed by atoms with Gasteiger partial charge in [-0.3, -0.25) is 29.1 Å². The van der Waals surface area contributed by atoms with Crippen LogP contribution in [-0.4, -0.2) is 93.5 Å². The van der Waals surface area contributed by atoms with E-state index in [4.69, 9.17) is 28.7 Å². The summed E-state index contributed by atoms with van der Waals surface area (Å²) in [7, 11) is 4.99. The largest absolute Gasteiger partial charge is 0.493 e. The van der Waals surface area contributed by atoms with Gasteiger partial charge in [0.15, 0.2) is 34.9 Å². The fourth-order valence-electron chi connectivity index (χ4n) is 9.79. The Labute approximate surface area is 387 Å². The van der Waals surface area contributed by atoms with E-state index in [1.165, 1.54) is 7.11 Å². The third-order valence-corrected chi connectivity index (χ3v) is 13.2. The van der Waals surface area contributed by atoms with Crippen LogP contribution in [0.4, 0.5) is 28.4 Å². The quantitative estimate of drug-likeness (QED) is 0.110. The molecule has 0 bridgehead atoms. The summed E-state index contributed by atoms with van der Waals surface area (Å²) in [6, 6.07) is 28.6. The minimum absolute atomic E-state index is 0.0278. The molecule has 1 saturated carbocycles. The maximum atomic E-state index is 14.1. The number of ether oxygens (including phenoxy) is 5. The number of ketones is 1. The summed E-state index contributed by atoms with van der Waals surface area (Å²) in [5, 5.41) is 13.6. The van der Waals surface area contributed by atoms with Crippen molar-refractivity contribution in [3.63, 3.8) is 0 Å². The van der Waals surface area contributed by atoms with Gasteiger partial charge in [-0.1, -0.05) is 36.4 Å². The Morgan fingerprint density at radius 2 is 1.43 bits per heavy atom. The standard InChI is InChI=1S/C52H51N5O10/c1-55(16-8-13-49(60)67-50-43(58)14-15-44(50)59)34-18-30(28-65-47-24-39-37(22-45(47)63-2)51(61)56-35(26-53-39)20-32-9-4-6-11-41(32)56)17-31(19-34)29-66-48-25-40-38(23-46(48)64-3)52(62)57-36(27-54-40)21-33-10-5-7-12-42(33)57/h4-7,9-12,17-19,22-26,35-36,43,50,54,58H,8,13-16,20-21,27-29H2,1-3H3/t35-,36-,43?,50?/m0/s1. The van der Waals surface area contributed by atoms with E-state index in [0.717, 1.165) is 45.7 Å². The Morgan fingerprint density at radius 3 is 2.12 bits per heavy atom. The van der Waals surface area contributed by atoms with E-state index in [9.17, 15) is 24.3 Å². The van der Waals surface area contributed by atoms with Crippen molar-refractivity contribution in [2.75, 3.05) is 54.4 Å². The number of methoxy groups -OCH3 is 2. The first kappa shape index (κ1) is 43.5. The molecule has 0 aromatic heterocycles. The average Bonchev–Trinajstić information content (AvgIpc) is 3.96. The smallest absolute Gasteiger partial charge is 0.306 e. The number of benzene rings is 5. The number of esters is 1. The molecule has 0 saturated heterocycles. The van der Waals surface area contributed by atoms with Crippen LogP contribution in [0, 0.1) is 0 Å². The number of anilines is 4. The van der Waals surface area contributed by atoms with Crippen molar-refractivity contribution in [1.82, 2.24) is 0 Å². The molecular weight excluding hydrogens is 855 g/mol. The maximum Gasteiger partial charge on any atom is 0.306 e. The fourth-order valence-corrected chi connectivity index (χ4v) is 9.79. The Morgan fingerprint density at radius 1 is 0.791 bits per heavy atom. The number of para-hydroxylation sites is 2. The van der Waals surface area contributed by atoms with E-state index in [1.54, 1.807) is 30.2 Å². The van der Waals surface area contributed by atoms with E-state index >= 15 is 0 Å². The van der Waals surface area contributed by atoms with Gasteiger partial charge in [0.1, 0.15) is 13.2 Å². The molecule has 15 nitrogen and oxygen atoms in total. The van der Waals surface area contributed by atoms with Crippen molar-refractivity contribution in [2.45, 2.75) is 76.0 Å². The number of nitrogens with one attached hydrogen (secondary N) is 1. The topological polar surface area (TPSA) is 169 Å². The van der Waals surface area contributed by atoms with Crippen molar-refractivity contribution in [3.05, 3.63) is 124 Å². The minimum atomic E-state index is -1.10. The number of hydrogen-bond acceptors (Lipinski definition) is 13. The molecule has 4 aliphatic heterocycles. The first-order chi connectivity index (χ1) is 32.6. The van der Waals surface area contributed by atoms with Gasteiger partial charge in [-0.25, -0.2) is 0 Å². The number of hydrogen-bond donors (Lipinski definition) is 2. The van der Waals surface area contributed by atoms with E-state index in [0.29, 0.717) is 71.4 Å². The number of Topliss-reactive ketones (excluding diaryl/α,β-unsaturated/α-hetero) is 1. The SMILES string of the molecule is COc1cc2c(cc1OCc1cc(COc3cc4c(cc3OC)C(=O)N3c5ccccc5C[C@H]3CN4)cc(N(C)CCCC(=O)OC3C(=O)CCC3O)c1)N=C[C@@H]1Cc3ccccc3N1C2=O. The second kappa shape index (κ2) is 18.1. The number of nitrogens with zero attached hydrogens (tertiary/aromatic N) is 4. The third-order valence-electron chi connectivity index (χ3n) is 13.2. The van der Waals surface area contributed by atoms with Gasteiger partial charge in [-0.2, -0.15) is 0 Å². The molecule has 15 heteroatoms. The highest BCUT2D eigenvalue weighted by Crippen LogP contribution is 2.43. The molecule has 5 aromatic rings. The Kier molecular flexibility index (Phi) is 11.8. The molecule has 1 fully saturated rings. The van der Waals surface area contributed by atoms with Crippen LogP contribution in [0.2, 0.25) is 0 Å². The van der Waals surface area contributed by atoms with Crippen LogP contribution in [0.25, 0.3) is 0 Å². The molecule has 5 aromatic carbocycles. The molecule has 2 unspecified atom stereocenters. The zero-order valence-corrected chi connectivity index (χ0v) is 37.5. The van der Waals surface area contributed by atoms with Crippen LogP contribution >= 0.6 is 0 Å². The van der Waals surface area contributed by atoms with E-state index in [1.807, 2.05) is 89.8 Å². The zero-order valence-electron chi connectivity index (χ0n) is 37.5. The van der Waals surface area contributed by atoms with Gasteiger partial charge in [0.25, 0.3) is 11.8 Å². The van der Waals surface area contributed by atoms with E-state index in [2.05, 4.69) is 11.4 Å². The summed E-state index contributed by atoms with van der Waals surface area (Å²) in [5.74, 6) is 0.605. The van der Waals surface area contributed by atoms with Crippen LogP contribution in [0.1, 0.15) is 68.7 Å². The molecule has 2 N–H and O–H groups in total. The predicted octanol–water partition coefficient (Wildman–Crippen LogP) is 7.00. The number of fused-ring (bicyclic) bond motifs is 8. The lowest BCUT2D eigenvalue weighted by molar-refractivity contribution is -0.158. The highest BCUT2D eigenvalue weighted by Gasteiger charge is 2.39. The number of aliphatic hydroxyl groups is 1. The third kappa shape index (κ3) is 8.39. The number of rotatable bonds is 14. The summed E-state index contributed by atoms with van der Waals surface area (Å²) >= 11 is 0. The molecule has 2 amide bonds. The van der Waals surface area contributed by atoms with E-state index in [-0.39, 0.29) is 62.2 Å². The molecule has 10 rings (SSSR count). The van der Waals surface area contributed by atoms with Crippen molar-refractivity contribution in [1.29, 1.82) is 0 Å². The van der Waals surface area contributed by atoms with Crippen molar-refractivity contribution < 1.29 is 48.0 Å². The average molecular weight is 906 g/mol. The summed E-state index contributed by atoms with van der Waals surface area (Å²) in [4.78, 5) is 63.4. The van der Waals surface area contributed by atoms with Gasteiger partial charge in [0.05, 0.1) is 54.9 Å². The highest BCUT2D eigenvalue weighted by atomic mass is 16.6. The molecule has 0 radical (unpaired) electrons. The van der Waals surface area contributed by atoms with Gasteiger partial charge >= 0.3 is 5.97 Å². The van der Waals surface area contributed by atoms with Gasteiger partial charge in [0, 0.05) is 74.8 Å². The van der Waals surface area contributed by atoms with Crippen LogP contribution < -0.4 is 39.0 Å². The van der Waals surface area contributed by atoms with Crippen LogP contribution in [0.3, 0.4) is 0 Å². The minimum Gasteiger partial charge on any atom is -0.493 e. The lowest BCUT2D eigenvalue weighted by Gasteiger charge is -2.23. The van der Waals surface area contributed by atoms with Gasteiger partial charge in [0.2, 0.25) is 0 Å². The predicted molar refractivity (Wildman–Crippen MR) is 252 cm³/mol. The lowest BCUT2D eigenvalue weighted by atomic mass is 10.1. The Balaban J connectivity index is 0.892. The number of carbonyl (C=O) groups is 4. The number of aliphatic hydroxyl groups excluding tert-OH is 1. The van der Waals surface area contributed by atoms with Crippen molar-refractivity contribution >= 4 is 58.2 Å². The second-order valence-corrected chi connectivity index (χ2v) is 17.6. The zero-order chi connectivity index (χ0) is 46.3. The molecule has 344 valence electrons. The molecule has 0 spiro atoms. The van der Waals surface area contributed by atoms with Crippen LogP contribution in [0.5, 0.6) is 23.0 Å². The molecule has 4 heterocycles. The van der Waals surface area contributed by atoms with Gasteiger partial charge in [-0.05, 0) is 84.0 Å². The Hall–Kier alpha value is -7.39.